The molecule has 0 spiro atoms. The molecule has 0 atom stereocenters. The van der Waals surface area contributed by atoms with Gasteiger partial charge in [0, 0.05) is 18.9 Å². The number of rotatable bonds is 3. The molecule has 0 radical (unpaired) electrons. The predicted octanol–water partition coefficient (Wildman–Crippen LogP) is 1.65. The summed E-state index contributed by atoms with van der Waals surface area (Å²) in [6.07, 6.45) is 5.34. The second-order valence-electron chi connectivity index (χ2n) is 3.24. The fourth-order valence-corrected chi connectivity index (χ4v) is 1.42. The van der Waals surface area contributed by atoms with Crippen molar-refractivity contribution in [1.82, 2.24) is 9.55 Å². The Kier molecular flexibility index (Phi) is 2.58. The maximum atomic E-state index is 9.57. The Morgan fingerprint density at radius 2 is 2.33 bits per heavy atom. The molecule has 15 heavy (non-hydrogen) atoms. The summed E-state index contributed by atoms with van der Waals surface area (Å²) in [5.41, 5.74) is 1.01. The molecule has 0 aliphatic rings. The van der Waals surface area contributed by atoms with Gasteiger partial charge in [0.25, 0.3) is 0 Å². The van der Waals surface area contributed by atoms with E-state index in [0.717, 1.165) is 5.56 Å². The van der Waals surface area contributed by atoms with Gasteiger partial charge in [-0.3, -0.25) is 0 Å². The summed E-state index contributed by atoms with van der Waals surface area (Å²) in [5, 5.41) is 9.57. The Hall–Kier alpha value is -1.97. The highest BCUT2D eigenvalue weighted by molar-refractivity contribution is 5.41. The van der Waals surface area contributed by atoms with Crippen molar-refractivity contribution in [3.8, 4) is 11.5 Å². The minimum atomic E-state index is 0.162. The number of methoxy groups -OCH3 is 1. The molecule has 1 aromatic carbocycles. The van der Waals surface area contributed by atoms with Gasteiger partial charge in [0.2, 0.25) is 0 Å². The van der Waals surface area contributed by atoms with Crippen LogP contribution in [-0.2, 0) is 6.54 Å². The van der Waals surface area contributed by atoms with E-state index in [1.807, 2.05) is 16.8 Å². The first-order chi connectivity index (χ1) is 7.29. The molecule has 1 N–H and O–H groups in total. The zero-order valence-electron chi connectivity index (χ0n) is 8.42. The summed E-state index contributed by atoms with van der Waals surface area (Å²) >= 11 is 0. The number of phenolic OH excluding ortho intramolecular Hbond substituents is 1. The number of ether oxygens (including phenoxy) is 1. The molecule has 4 nitrogen and oxygen atoms in total. The molecular weight excluding hydrogens is 192 g/mol. The number of aromatic hydroxyl groups is 1. The molecule has 0 saturated heterocycles. The van der Waals surface area contributed by atoms with Gasteiger partial charge in [-0.15, -0.1) is 0 Å². The van der Waals surface area contributed by atoms with Crippen molar-refractivity contribution in [2.45, 2.75) is 6.54 Å². The zero-order chi connectivity index (χ0) is 10.7. The molecule has 1 heterocycles. The molecule has 0 aliphatic carbocycles. The maximum absolute atomic E-state index is 9.57. The van der Waals surface area contributed by atoms with Crippen LogP contribution in [0.4, 0.5) is 0 Å². The largest absolute Gasteiger partial charge is 0.504 e. The minimum Gasteiger partial charge on any atom is -0.504 e. The smallest absolute Gasteiger partial charge is 0.160 e. The Labute approximate surface area is 87.8 Å². The van der Waals surface area contributed by atoms with E-state index < -0.39 is 0 Å². The van der Waals surface area contributed by atoms with Crippen molar-refractivity contribution >= 4 is 0 Å². The van der Waals surface area contributed by atoms with Gasteiger partial charge < -0.3 is 14.4 Å². The van der Waals surface area contributed by atoms with E-state index in [1.165, 1.54) is 7.11 Å². The van der Waals surface area contributed by atoms with Gasteiger partial charge >= 0.3 is 0 Å². The van der Waals surface area contributed by atoms with Gasteiger partial charge in [0.05, 0.1) is 13.4 Å². The third-order valence-corrected chi connectivity index (χ3v) is 2.17. The van der Waals surface area contributed by atoms with Crippen molar-refractivity contribution in [2.24, 2.45) is 0 Å². The second-order valence-corrected chi connectivity index (χ2v) is 3.24. The SMILES string of the molecule is COc1ccc(Cn2ccnc2)cc1O. The van der Waals surface area contributed by atoms with Crippen LogP contribution in [0.15, 0.2) is 36.9 Å². The highest BCUT2D eigenvalue weighted by atomic mass is 16.5. The average Bonchev–Trinajstić information content (AvgIpc) is 2.71. The quantitative estimate of drug-likeness (QED) is 0.826. The topological polar surface area (TPSA) is 47.3 Å². The molecule has 78 valence electrons. The van der Waals surface area contributed by atoms with E-state index >= 15 is 0 Å². The summed E-state index contributed by atoms with van der Waals surface area (Å²) in [6.45, 7) is 0.692. The van der Waals surface area contributed by atoms with E-state index in [9.17, 15) is 5.11 Å². The van der Waals surface area contributed by atoms with Crippen LogP contribution in [0.5, 0.6) is 11.5 Å². The molecular formula is C11H12N2O2. The molecule has 2 aromatic rings. The second kappa shape index (κ2) is 4.04. The standard InChI is InChI=1S/C11H12N2O2/c1-15-11-3-2-9(6-10(11)14)7-13-5-4-12-8-13/h2-6,8,14H,7H2,1H3. The molecule has 4 heteroatoms. The lowest BCUT2D eigenvalue weighted by Gasteiger charge is -2.06. The van der Waals surface area contributed by atoms with Gasteiger partial charge in [-0.25, -0.2) is 4.98 Å². The van der Waals surface area contributed by atoms with Crippen molar-refractivity contribution in [3.63, 3.8) is 0 Å². The minimum absolute atomic E-state index is 0.162. The highest BCUT2D eigenvalue weighted by Crippen LogP contribution is 2.26. The number of benzene rings is 1. The first-order valence-corrected chi connectivity index (χ1v) is 4.61. The normalized spacial score (nSPS) is 10.2. The Morgan fingerprint density at radius 3 is 2.93 bits per heavy atom. The maximum Gasteiger partial charge on any atom is 0.160 e. The first kappa shape index (κ1) is 9.58. The van der Waals surface area contributed by atoms with Crippen LogP contribution in [-0.4, -0.2) is 21.8 Å². The van der Waals surface area contributed by atoms with Crippen LogP contribution in [0.1, 0.15) is 5.56 Å². The van der Waals surface area contributed by atoms with Crippen molar-refractivity contribution in [2.75, 3.05) is 7.11 Å². The molecule has 0 fully saturated rings. The van der Waals surface area contributed by atoms with Crippen molar-refractivity contribution in [3.05, 3.63) is 42.5 Å². The summed E-state index contributed by atoms with van der Waals surface area (Å²) in [6, 6.07) is 5.36. The third-order valence-electron chi connectivity index (χ3n) is 2.17. The Morgan fingerprint density at radius 1 is 1.47 bits per heavy atom. The fourth-order valence-electron chi connectivity index (χ4n) is 1.42. The Balaban J connectivity index is 2.20. The van der Waals surface area contributed by atoms with Crippen LogP contribution < -0.4 is 4.74 Å². The lowest BCUT2D eigenvalue weighted by Crippen LogP contribution is -1.96. The number of aromatic nitrogens is 2. The first-order valence-electron chi connectivity index (χ1n) is 4.61. The lowest BCUT2D eigenvalue weighted by molar-refractivity contribution is 0.373. The zero-order valence-corrected chi connectivity index (χ0v) is 8.42. The van der Waals surface area contributed by atoms with E-state index in [2.05, 4.69) is 4.98 Å². The highest BCUT2D eigenvalue weighted by Gasteiger charge is 2.02. The molecule has 1 aromatic heterocycles. The molecule has 0 aliphatic heterocycles. The van der Waals surface area contributed by atoms with E-state index in [0.29, 0.717) is 12.3 Å². The summed E-state index contributed by atoms with van der Waals surface area (Å²) in [4.78, 5) is 3.95. The summed E-state index contributed by atoms with van der Waals surface area (Å²) in [5.74, 6) is 0.652. The third kappa shape index (κ3) is 2.10. The molecule has 0 amide bonds. The van der Waals surface area contributed by atoms with Crippen LogP contribution in [0.2, 0.25) is 0 Å². The summed E-state index contributed by atoms with van der Waals surface area (Å²) in [7, 11) is 1.53. The number of hydrogen-bond acceptors (Lipinski definition) is 3. The predicted molar refractivity (Wildman–Crippen MR) is 56.0 cm³/mol. The average molecular weight is 204 g/mol. The molecule has 2 rings (SSSR count). The number of imidazole rings is 1. The van der Waals surface area contributed by atoms with Gasteiger partial charge in [-0.1, -0.05) is 6.07 Å². The van der Waals surface area contributed by atoms with Gasteiger partial charge in [0.15, 0.2) is 11.5 Å². The van der Waals surface area contributed by atoms with Crippen LogP contribution >= 0.6 is 0 Å². The van der Waals surface area contributed by atoms with Crippen LogP contribution in [0.25, 0.3) is 0 Å². The lowest BCUT2D eigenvalue weighted by atomic mass is 10.2. The molecule has 0 bridgehead atoms. The van der Waals surface area contributed by atoms with Gasteiger partial charge in [-0.05, 0) is 17.7 Å². The van der Waals surface area contributed by atoms with Crippen molar-refractivity contribution in [1.29, 1.82) is 0 Å². The number of phenols is 1. The molecule has 0 saturated carbocycles. The summed E-state index contributed by atoms with van der Waals surface area (Å²) < 4.78 is 6.90. The van der Waals surface area contributed by atoms with E-state index in [-0.39, 0.29) is 5.75 Å². The Bertz CT molecular complexity index is 438. The van der Waals surface area contributed by atoms with Gasteiger partial charge in [0.1, 0.15) is 0 Å². The van der Waals surface area contributed by atoms with Crippen molar-refractivity contribution < 1.29 is 9.84 Å². The monoisotopic (exact) mass is 204 g/mol. The number of nitrogens with zero attached hydrogens (tertiary/aromatic N) is 2. The number of hydrogen-bond donors (Lipinski definition) is 1. The molecule has 0 unspecified atom stereocenters. The van der Waals surface area contributed by atoms with Crippen LogP contribution in [0.3, 0.4) is 0 Å². The van der Waals surface area contributed by atoms with Gasteiger partial charge in [-0.2, -0.15) is 0 Å². The van der Waals surface area contributed by atoms with E-state index in [4.69, 9.17) is 4.74 Å². The fraction of sp³-hybridized carbons (Fsp3) is 0.182. The van der Waals surface area contributed by atoms with Crippen LogP contribution in [0, 0.1) is 0 Å². The van der Waals surface area contributed by atoms with E-state index in [1.54, 1.807) is 24.7 Å².